The lowest BCUT2D eigenvalue weighted by Gasteiger charge is -2.35. The summed E-state index contributed by atoms with van der Waals surface area (Å²) < 4.78 is 0. The van der Waals surface area contributed by atoms with Gasteiger partial charge >= 0.3 is 6.03 Å². The molecule has 2 aliphatic heterocycles. The van der Waals surface area contributed by atoms with E-state index in [1.165, 1.54) is 10.5 Å². The maximum Gasteiger partial charge on any atom is 0.326 e. The number of nitrogens with one attached hydrogen (secondary N) is 1. The van der Waals surface area contributed by atoms with Crippen LogP contribution in [0.15, 0.2) is 36.4 Å². The normalized spacial score (nSPS) is 23.7. The third-order valence-corrected chi connectivity index (χ3v) is 6.48. The van der Waals surface area contributed by atoms with E-state index in [0.29, 0.717) is 6.67 Å². The largest absolute Gasteiger partial charge is 0.326 e. The molecule has 1 aromatic rings. The monoisotopic (exact) mass is 396 g/mol. The van der Waals surface area contributed by atoms with Gasteiger partial charge in [-0.25, -0.2) is 9.69 Å². The lowest BCUT2D eigenvalue weighted by molar-refractivity contribution is -0.133. The number of amides is 3. The summed E-state index contributed by atoms with van der Waals surface area (Å²) in [5.41, 5.74) is 0.592. The van der Waals surface area contributed by atoms with E-state index in [2.05, 4.69) is 39.4 Å². The second-order valence-corrected chi connectivity index (χ2v) is 8.53. The van der Waals surface area contributed by atoms with Crippen LogP contribution in [0, 0.1) is 0 Å². The van der Waals surface area contributed by atoms with E-state index in [0.717, 1.165) is 71.2 Å². The number of rotatable bonds is 5. The summed E-state index contributed by atoms with van der Waals surface area (Å²) in [6, 6.07) is 10.1. The van der Waals surface area contributed by atoms with E-state index in [-0.39, 0.29) is 11.9 Å². The van der Waals surface area contributed by atoms with Crippen molar-refractivity contribution in [2.75, 3.05) is 39.4 Å². The summed E-state index contributed by atoms with van der Waals surface area (Å²) in [5, 5.41) is 3.04. The zero-order chi connectivity index (χ0) is 20.1. The van der Waals surface area contributed by atoms with Crippen molar-refractivity contribution >= 4 is 18.0 Å². The first-order valence-electron chi connectivity index (χ1n) is 11.0. The first-order chi connectivity index (χ1) is 14.2. The smallest absolute Gasteiger partial charge is 0.323 e. The van der Waals surface area contributed by atoms with Crippen LogP contribution < -0.4 is 5.32 Å². The van der Waals surface area contributed by atoms with E-state index in [4.69, 9.17) is 0 Å². The third kappa shape index (κ3) is 4.70. The molecule has 1 saturated carbocycles. The number of carbonyl (C=O) groups excluding carboxylic acids is 2. The Labute approximate surface area is 173 Å². The van der Waals surface area contributed by atoms with Gasteiger partial charge in [0.1, 0.15) is 5.54 Å². The highest BCUT2D eigenvalue weighted by molar-refractivity contribution is 6.07. The van der Waals surface area contributed by atoms with Crippen molar-refractivity contribution in [1.29, 1.82) is 0 Å². The Balaban J connectivity index is 1.26. The Morgan fingerprint density at radius 3 is 2.24 bits per heavy atom. The molecule has 3 amide bonds. The molecule has 2 saturated heterocycles. The molecule has 156 valence electrons. The van der Waals surface area contributed by atoms with Gasteiger partial charge in [-0.2, -0.15) is 0 Å². The minimum Gasteiger partial charge on any atom is -0.323 e. The van der Waals surface area contributed by atoms with Gasteiger partial charge in [0.15, 0.2) is 0 Å². The van der Waals surface area contributed by atoms with Gasteiger partial charge < -0.3 is 5.32 Å². The lowest BCUT2D eigenvalue weighted by atomic mass is 9.90. The fraction of sp³-hybridized carbons (Fsp3) is 0.565. The molecule has 6 nitrogen and oxygen atoms in total. The number of urea groups is 1. The molecule has 0 unspecified atom stereocenters. The van der Waals surface area contributed by atoms with E-state index < -0.39 is 5.54 Å². The van der Waals surface area contributed by atoms with Crippen LogP contribution >= 0.6 is 0 Å². The molecule has 1 N–H and O–H groups in total. The van der Waals surface area contributed by atoms with Crippen molar-refractivity contribution < 1.29 is 9.59 Å². The van der Waals surface area contributed by atoms with Crippen LogP contribution in [0.1, 0.15) is 44.1 Å². The Morgan fingerprint density at radius 2 is 1.55 bits per heavy atom. The Morgan fingerprint density at radius 1 is 0.897 bits per heavy atom. The second-order valence-electron chi connectivity index (χ2n) is 8.53. The standard InChI is InChI=1S/C23H32N4O2/c28-21-23(12-6-1-2-7-13-23)24-22(29)27(21)19-26-17-15-25(16-18-26)14-8-11-20-9-4-3-5-10-20/h3-5,8-11H,1-2,6-7,12-19H2,(H,24,29)/b11-8+. The highest BCUT2D eigenvalue weighted by Gasteiger charge is 2.50. The van der Waals surface area contributed by atoms with Gasteiger partial charge in [0.2, 0.25) is 0 Å². The molecular weight excluding hydrogens is 364 g/mol. The molecule has 3 aliphatic rings. The van der Waals surface area contributed by atoms with Crippen LogP contribution in [0.4, 0.5) is 4.79 Å². The van der Waals surface area contributed by atoms with Crippen molar-refractivity contribution in [2.24, 2.45) is 0 Å². The first-order valence-corrected chi connectivity index (χ1v) is 11.0. The highest BCUT2D eigenvalue weighted by Crippen LogP contribution is 2.32. The van der Waals surface area contributed by atoms with Crippen LogP contribution in [0.25, 0.3) is 6.08 Å². The molecule has 4 rings (SSSR count). The van der Waals surface area contributed by atoms with Crippen molar-refractivity contribution in [3.05, 3.63) is 42.0 Å². The lowest BCUT2D eigenvalue weighted by Crippen LogP contribution is -2.52. The van der Waals surface area contributed by atoms with Gasteiger partial charge in [0.05, 0.1) is 6.67 Å². The first kappa shape index (κ1) is 20.1. The Kier molecular flexibility index (Phi) is 6.31. The Hall–Kier alpha value is -2.18. The minimum atomic E-state index is -0.627. The van der Waals surface area contributed by atoms with E-state index >= 15 is 0 Å². The quantitative estimate of drug-likeness (QED) is 0.778. The summed E-state index contributed by atoms with van der Waals surface area (Å²) in [6.45, 7) is 5.00. The maximum absolute atomic E-state index is 13.1. The fourth-order valence-corrected chi connectivity index (χ4v) is 4.69. The number of carbonyl (C=O) groups is 2. The molecule has 1 aliphatic carbocycles. The molecule has 29 heavy (non-hydrogen) atoms. The molecule has 2 heterocycles. The van der Waals surface area contributed by atoms with Crippen molar-refractivity contribution in [1.82, 2.24) is 20.0 Å². The van der Waals surface area contributed by atoms with Gasteiger partial charge in [-0.05, 0) is 18.4 Å². The van der Waals surface area contributed by atoms with E-state index in [1.54, 1.807) is 0 Å². The summed E-state index contributed by atoms with van der Waals surface area (Å²) in [6.07, 6.45) is 10.3. The van der Waals surface area contributed by atoms with Gasteiger partial charge in [-0.1, -0.05) is 68.2 Å². The SMILES string of the molecule is O=C1NC2(CCCCCC2)C(=O)N1CN1CCN(C/C=C/c2ccccc2)CC1. The summed E-state index contributed by atoms with van der Waals surface area (Å²) in [4.78, 5) is 31.7. The molecule has 6 heteroatoms. The van der Waals surface area contributed by atoms with Gasteiger partial charge in [0, 0.05) is 32.7 Å². The number of piperazine rings is 1. The van der Waals surface area contributed by atoms with Crippen LogP contribution in [0.3, 0.4) is 0 Å². The Bertz CT molecular complexity index is 733. The predicted molar refractivity (Wildman–Crippen MR) is 114 cm³/mol. The molecule has 1 spiro atoms. The van der Waals surface area contributed by atoms with Crippen LogP contribution in [0.2, 0.25) is 0 Å². The molecule has 0 radical (unpaired) electrons. The van der Waals surface area contributed by atoms with Gasteiger partial charge in [0.25, 0.3) is 5.91 Å². The van der Waals surface area contributed by atoms with Crippen molar-refractivity contribution in [3.8, 4) is 0 Å². The molecule has 0 bridgehead atoms. The maximum atomic E-state index is 13.1. The van der Waals surface area contributed by atoms with E-state index in [1.807, 2.05) is 18.2 Å². The van der Waals surface area contributed by atoms with Crippen LogP contribution in [0.5, 0.6) is 0 Å². The minimum absolute atomic E-state index is 0.00220. The molecule has 0 atom stereocenters. The van der Waals surface area contributed by atoms with E-state index in [9.17, 15) is 9.59 Å². The zero-order valence-electron chi connectivity index (χ0n) is 17.2. The number of hydrogen-bond acceptors (Lipinski definition) is 4. The fourth-order valence-electron chi connectivity index (χ4n) is 4.69. The molecular formula is C23H32N4O2. The molecule has 1 aromatic carbocycles. The number of imide groups is 1. The highest BCUT2D eigenvalue weighted by atomic mass is 16.2. The summed E-state index contributed by atoms with van der Waals surface area (Å²) in [7, 11) is 0. The van der Waals surface area contributed by atoms with Gasteiger partial charge in [-0.3, -0.25) is 14.6 Å². The topological polar surface area (TPSA) is 55.9 Å². The third-order valence-electron chi connectivity index (χ3n) is 6.48. The summed E-state index contributed by atoms with van der Waals surface area (Å²) in [5.74, 6) is -0.00220. The average Bonchev–Trinajstić information content (AvgIpc) is 2.90. The average molecular weight is 397 g/mol. The van der Waals surface area contributed by atoms with Crippen LogP contribution in [-0.2, 0) is 4.79 Å². The zero-order valence-corrected chi connectivity index (χ0v) is 17.2. The summed E-state index contributed by atoms with van der Waals surface area (Å²) >= 11 is 0. The number of benzene rings is 1. The van der Waals surface area contributed by atoms with Crippen molar-refractivity contribution in [2.45, 2.75) is 44.1 Å². The second kappa shape index (κ2) is 9.09. The molecule has 3 fully saturated rings. The number of nitrogens with zero attached hydrogens (tertiary/aromatic N) is 3. The predicted octanol–water partition coefficient (Wildman–Crippen LogP) is 2.92. The molecule has 0 aromatic heterocycles. The van der Waals surface area contributed by atoms with Crippen molar-refractivity contribution in [3.63, 3.8) is 0 Å². The number of hydrogen-bond donors (Lipinski definition) is 1. The van der Waals surface area contributed by atoms with Crippen LogP contribution in [-0.4, -0.2) is 71.6 Å². The van der Waals surface area contributed by atoms with Gasteiger partial charge in [-0.15, -0.1) is 0 Å².